The molecule has 2 heteroatoms. The lowest BCUT2D eigenvalue weighted by atomic mass is 10.4. The van der Waals surface area contributed by atoms with Crippen LogP contribution in [0.5, 0.6) is 0 Å². The van der Waals surface area contributed by atoms with Crippen LogP contribution in [0, 0.1) is 0 Å². The molecule has 0 atom stereocenters. The standard InChI is InChI=1S/C12H14SSi/c1-14(2,12-8-9-13-10-12)11-6-4-3-5-7-11/h3-10H,1-2H3. The predicted molar refractivity (Wildman–Crippen MR) is 67.5 cm³/mol. The molecule has 2 rings (SSSR count). The van der Waals surface area contributed by atoms with Crippen LogP contribution in [-0.2, 0) is 0 Å². The third-order valence-corrected chi connectivity index (χ3v) is 7.16. The Hall–Kier alpha value is -0.863. The predicted octanol–water partition coefficient (Wildman–Crippen LogP) is 2.57. The molecule has 1 heterocycles. The highest BCUT2D eigenvalue weighted by Gasteiger charge is 2.25. The zero-order valence-electron chi connectivity index (χ0n) is 8.53. The summed E-state index contributed by atoms with van der Waals surface area (Å²) in [4.78, 5) is 0. The third-order valence-electron chi connectivity index (χ3n) is 2.74. The maximum absolute atomic E-state index is 2.41. The van der Waals surface area contributed by atoms with Gasteiger partial charge in [-0.1, -0.05) is 54.7 Å². The van der Waals surface area contributed by atoms with Crippen LogP contribution in [0.2, 0.25) is 13.1 Å². The largest absolute Gasteiger partial charge is 0.153 e. The van der Waals surface area contributed by atoms with Crippen molar-refractivity contribution < 1.29 is 0 Å². The Labute approximate surface area is 90.2 Å². The number of hydrogen-bond acceptors (Lipinski definition) is 1. The molecule has 0 saturated heterocycles. The first-order chi connectivity index (χ1) is 6.71. The molecule has 0 nitrogen and oxygen atoms in total. The summed E-state index contributed by atoms with van der Waals surface area (Å²) in [5.41, 5.74) is 0. The number of hydrogen-bond donors (Lipinski definition) is 0. The molecule has 1 aromatic carbocycles. The maximum Gasteiger partial charge on any atom is 0.113 e. The van der Waals surface area contributed by atoms with Crippen molar-refractivity contribution in [3.63, 3.8) is 0 Å². The van der Waals surface area contributed by atoms with E-state index < -0.39 is 8.07 Å². The molecule has 0 spiro atoms. The molecule has 0 N–H and O–H groups in total. The Morgan fingerprint density at radius 1 is 0.929 bits per heavy atom. The van der Waals surface area contributed by atoms with Crippen LogP contribution in [0.15, 0.2) is 47.2 Å². The monoisotopic (exact) mass is 218 g/mol. The van der Waals surface area contributed by atoms with Gasteiger partial charge in [0, 0.05) is 0 Å². The van der Waals surface area contributed by atoms with Gasteiger partial charge < -0.3 is 0 Å². The number of rotatable bonds is 2. The van der Waals surface area contributed by atoms with E-state index in [0.717, 1.165) is 0 Å². The van der Waals surface area contributed by atoms with Gasteiger partial charge in [0.2, 0.25) is 0 Å². The first kappa shape index (κ1) is 9.68. The van der Waals surface area contributed by atoms with Crippen molar-refractivity contribution in [1.82, 2.24) is 0 Å². The number of thiophene rings is 1. The first-order valence-corrected chi connectivity index (χ1v) is 8.74. The lowest BCUT2D eigenvalue weighted by Gasteiger charge is -2.21. The second-order valence-corrected chi connectivity index (χ2v) is 9.19. The normalized spacial score (nSPS) is 11.6. The van der Waals surface area contributed by atoms with Crippen LogP contribution >= 0.6 is 11.3 Å². The van der Waals surface area contributed by atoms with Gasteiger partial charge in [-0.15, -0.1) is 0 Å². The zero-order chi connectivity index (χ0) is 10.0. The highest BCUT2D eigenvalue weighted by molar-refractivity contribution is 7.11. The Bertz CT molecular complexity index is 390. The van der Waals surface area contributed by atoms with E-state index in [-0.39, 0.29) is 0 Å². The molecular formula is C12H14SSi. The van der Waals surface area contributed by atoms with E-state index in [1.54, 1.807) is 11.3 Å². The van der Waals surface area contributed by atoms with E-state index in [9.17, 15) is 0 Å². The molecule has 0 radical (unpaired) electrons. The van der Waals surface area contributed by atoms with Crippen molar-refractivity contribution in [1.29, 1.82) is 0 Å². The molecule has 0 aliphatic carbocycles. The van der Waals surface area contributed by atoms with Crippen LogP contribution < -0.4 is 10.4 Å². The van der Waals surface area contributed by atoms with Gasteiger partial charge in [0.05, 0.1) is 0 Å². The van der Waals surface area contributed by atoms with E-state index in [2.05, 4.69) is 60.3 Å². The topological polar surface area (TPSA) is 0 Å². The van der Waals surface area contributed by atoms with E-state index in [1.807, 2.05) is 0 Å². The quantitative estimate of drug-likeness (QED) is 0.680. The van der Waals surface area contributed by atoms with Crippen molar-refractivity contribution >= 4 is 29.8 Å². The zero-order valence-corrected chi connectivity index (χ0v) is 10.3. The molecule has 0 aliphatic heterocycles. The maximum atomic E-state index is 2.41. The van der Waals surface area contributed by atoms with Gasteiger partial charge in [0.25, 0.3) is 0 Å². The van der Waals surface area contributed by atoms with Crippen LogP contribution in [0.1, 0.15) is 0 Å². The second kappa shape index (κ2) is 3.71. The van der Waals surface area contributed by atoms with Crippen LogP contribution in [-0.4, -0.2) is 8.07 Å². The fraction of sp³-hybridized carbons (Fsp3) is 0.167. The lowest BCUT2D eigenvalue weighted by Crippen LogP contribution is -2.52. The summed E-state index contributed by atoms with van der Waals surface area (Å²) in [7, 11) is -1.39. The lowest BCUT2D eigenvalue weighted by molar-refractivity contribution is 1.71. The van der Waals surface area contributed by atoms with Gasteiger partial charge >= 0.3 is 0 Å². The van der Waals surface area contributed by atoms with Crippen molar-refractivity contribution in [2.45, 2.75) is 13.1 Å². The fourth-order valence-electron chi connectivity index (χ4n) is 1.64. The summed E-state index contributed by atoms with van der Waals surface area (Å²) in [6.45, 7) is 4.81. The van der Waals surface area contributed by atoms with E-state index in [4.69, 9.17) is 0 Å². The summed E-state index contributed by atoms with van der Waals surface area (Å²) in [6.07, 6.45) is 0. The van der Waals surface area contributed by atoms with Crippen molar-refractivity contribution in [2.75, 3.05) is 0 Å². The minimum absolute atomic E-state index is 1.39. The Kier molecular flexibility index (Phi) is 2.57. The molecule has 2 aromatic rings. The second-order valence-electron chi connectivity index (χ2n) is 4.00. The highest BCUT2D eigenvalue weighted by atomic mass is 32.1. The summed E-state index contributed by atoms with van der Waals surface area (Å²) >= 11 is 1.80. The van der Waals surface area contributed by atoms with Gasteiger partial charge in [-0.05, 0) is 15.9 Å². The molecule has 0 saturated carbocycles. The van der Waals surface area contributed by atoms with Crippen LogP contribution in [0.4, 0.5) is 0 Å². The van der Waals surface area contributed by atoms with Crippen molar-refractivity contribution in [3.05, 3.63) is 47.2 Å². The van der Waals surface area contributed by atoms with Crippen molar-refractivity contribution in [3.8, 4) is 0 Å². The minimum Gasteiger partial charge on any atom is -0.153 e. The van der Waals surface area contributed by atoms with Crippen molar-refractivity contribution in [2.24, 2.45) is 0 Å². The molecule has 0 amide bonds. The van der Waals surface area contributed by atoms with Gasteiger partial charge in [-0.2, -0.15) is 11.3 Å². The summed E-state index contributed by atoms with van der Waals surface area (Å²) < 4.78 is 0. The average molecular weight is 218 g/mol. The van der Waals surface area contributed by atoms with E-state index >= 15 is 0 Å². The average Bonchev–Trinajstić information content (AvgIpc) is 2.72. The van der Waals surface area contributed by atoms with E-state index in [0.29, 0.717) is 0 Å². The smallest absolute Gasteiger partial charge is 0.113 e. The molecule has 1 aromatic heterocycles. The molecule has 14 heavy (non-hydrogen) atoms. The fourth-order valence-corrected chi connectivity index (χ4v) is 5.53. The molecule has 0 unspecified atom stereocenters. The molecular weight excluding hydrogens is 204 g/mol. The summed E-state index contributed by atoms with van der Waals surface area (Å²) in [5, 5.41) is 7.51. The summed E-state index contributed by atoms with van der Waals surface area (Å²) in [5.74, 6) is 0. The Morgan fingerprint density at radius 2 is 1.64 bits per heavy atom. The molecule has 72 valence electrons. The molecule has 0 fully saturated rings. The number of benzene rings is 1. The highest BCUT2D eigenvalue weighted by Crippen LogP contribution is 2.06. The van der Waals surface area contributed by atoms with Gasteiger partial charge in [-0.25, -0.2) is 0 Å². The van der Waals surface area contributed by atoms with E-state index in [1.165, 1.54) is 10.4 Å². The first-order valence-electron chi connectivity index (χ1n) is 4.79. The molecule has 0 aliphatic rings. The van der Waals surface area contributed by atoms with Gasteiger partial charge in [-0.3, -0.25) is 0 Å². The minimum atomic E-state index is -1.39. The van der Waals surface area contributed by atoms with Crippen LogP contribution in [0.25, 0.3) is 0 Å². The SMILES string of the molecule is C[Si](C)(c1ccccc1)c1ccsc1. The Morgan fingerprint density at radius 3 is 2.21 bits per heavy atom. The Balaban J connectivity index is 2.43. The van der Waals surface area contributed by atoms with Crippen LogP contribution in [0.3, 0.4) is 0 Å². The van der Waals surface area contributed by atoms with Gasteiger partial charge in [0.1, 0.15) is 8.07 Å². The third kappa shape index (κ3) is 1.68. The molecule has 0 bridgehead atoms. The van der Waals surface area contributed by atoms with Gasteiger partial charge in [0.15, 0.2) is 0 Å². The summed E-state index contributed by atoms with van der Waals surface area (Å²) in [6, 6.07) is 13.1.